The van der Waals surface area contributed by atoms with E-state index in [0.29, 0.717) is 6.08 Å². The van der Waals surface area contributed by atoms with Crippen LogP contribution in [0.1, 0.15) is 10.4 Å². The highest BCUT2D eigenvalue weighted by Gasteiger charge is 2.23. The summed E-state index contributed by atoms with van der Waals surface area (Å²) in [6.07, 6.45) is 0.650. The average Bonchev–Trinajstić information content (AvgIpc) is 2.30. The van der Waals surface area contributed by atoms with Gasteiger partial charge in [-0.2, -0.15) is 0 Å². The smallest absolute Gasteiger partial charge is 0.349 e. The van der Waals surface area contributed by atoms with Crippen LogP contribution in [0.2, 0.25) is 5.02 Å². The minimum absolute atomic E-state index is 0.245. The van der Waals surface area contributed by atoms with Gasteiger partial charge in [0.05, 0.1) is 0 Å². The maximum absolute atomic E-state index is 13.3. The predicted molar refractivity (Wildman–Crippen MR) is 51.9 cm³/mol. The Labute approximate surface area is 98.4 Å². The van der Waals surface area contributed by atoms with Gasteiger partial charge < -0.3 is 4.74 Å². The van der Waals surface area contributed by atoms with Gasteiger partial charge in [-0.3, -0.25) is 0 Å². The van der Waals surface area contributed by atoms with Crippen molar-refractivity contribution < 1.29 is 27.5 Å². The molecule has 0 fully saturated rings. The van der Waals surface area contributed by atoms with E-state index in [0.717, 1.165) is 0 Å². The third-order valence-corrected chi connectivity index (χ3v) is 2.01. The Hall–Kier alpha value is -1.82. The van der Waals surface area contributed by atoms with E-state index in [4.69, 9.17) is 11.6 Å². The zero-order chi connectivity index (χ0) is 13.2. The van der Waals surface area contributed by atoms with E-state index in [-0.39, 0.29) is 6.07 Å². The summed E-state index contributed by atoms with van der Waals surface area (Å²) in [7, 11) is 0. The molecule has 17 heavy (non-hydrogen) atoms. The molecule has 0 saturated heterocycles. The molecule has 3 nitrogen and oxygen atoms in total. The first-order chi connectivity index (χ1) is 7.88. The van der Waals surface area contributed by atoms with E-state index < -0.39 is 40.0 Å². The number of hydrogen-bond donors (Lipinski definition) is 0. The summed E-state index contributed by atoms with van der Waals surface area (Å²) < 4.78 is 42.9. The van der Waals surface area contributed by atoms with E-state index in [9.17, 15) is 22.8 Å². The summed E-state index contributed by atoms with van der Waals surface area (Å²) in [4.78, 5) is 21.8. The number of halogens is 4. The highest BCUT2D eigenvalue weighted by Crippen LogP contribution is 2.25. The third-order valence-electron chi connectivity index (χ3n) is 1.68. The van der Waals surface area contributed by atoms with Crippen molar-refractivity contribution in [2.75, 3.05) is 0 Å². The molecule has 1 rings (SSSR count). The van der Waals surface area contributed by atoms with Gasteiger partial charge in [-0.05, 0) is 6.07 Å². The Morgan fingerprint density at radius 2 is 1.88 bits per heavy atom. The predicted octanol–water partition coefficient (Wildman–Crippen LogP) is 2.63. The molecule has 0 aliphatic rings. The standard InChI is InChI=1S/C10H4ClF3O3/c1-2-6(15)17-10(16)4-3-5(12)9(14)7(11)8(4)13/h2-3H,1H2. The highest BCUT2D eigenvalue weighted by atomic mass is 35.5. The van der Waals surface area contributed by atoms with E-state index in [2.05, 4.69) is 11.3 Å². The van der Waals surface area contributed by atoms with Crippen molar-refractivity contribution in [2.45, 2.75) is 0 Å². The molecule has 0 heterocycles. The van der Waals surface area contributed by atoms with Crippen molar-refractivity contribution in [1.29, 1.82) is 0 Å². The topological polar surface area (TPSA) is 43.4 Å². The molecule has 1 aromatic rings. The quantitative estimate of drug-likeness (QED) is 0.271. The van der Waals surface area contributed by atoms with Crippen molar-refractivity contribution in [3.63, 3.8) is 0 Å². The van der Waals surface area contributed by atoms with Crippen LogP contribution in [0.3, 0.4) is 0 Å². The fourth-order valence-corrected chi connectivity index (χ4v) is 1.10. The third kappa shape index (κ3) is 2.65. The molecule has 0 aliphatic carbocycles. The van der Waals surface area contributed by atoms with Gasteiger partial charge in [0.25, 0.3) is 0 Å². The van der Waals surface area contributed by atoms with Crippen molar-refractivity contribution in [3.8, 4) is 0 Å². The van der Waals surface area contributed by atoms with Crippen LogP contribution in [0.25, 0.3) is 0 Å². The highest BCUT2D eigenvalue weighted by molar-refractivity contribution is 6.31. The molecule has 0 unspecified atom stereocenters. The first-order valence-corrected chi connectivity index (χ1v) is 4.47. The zero-order valence-electron chi connectivity index (χ0n) is 8.10. The van der Waals surface area contributed by atoms with Crippen LogP contribution in [-0.4, -0.2) is 11.9 Å². The van der Waals surface area contributed by atoms with E-state index >= 15 is 0 Å². The number of carbonyl (C=O) groups is 2. The van der Waals surface area contributed by atoms with Crippen LogP contribution >= 0.6 is 11.6 Å². The van der Waals surface area contributed by atoms with Gasteiger partial charge in [-0.15, -0.1) is 0 Å². The van der Waals surface area contributed by atoms with Crippen molar-refractivity contribution >= 4 is 23.5 Å². The zero-order valence-corrected chi connectivity index (χ0v) is 8.85. The van der Waals surface area contributed by atoms with E-state index in [1.807, 2.05) is 0 Å². The molecular weight excluding hydrogens is 261 g/mol. The molecule has 0 saturated carbocycles. The van der Waals surface area contributed by atoms with Gasteiger partial charge in [0.15, 0.2) is 17.5 Å². The summed E-state index contributed by atoms with van der Waals surface area (Å²) in [5, 5.41) is -1.19. The lowest BCUT2D eigenvalue weighted by Crippen LogP contribution is -2.13. The molecule has 0 radical (unpaired) electrons. The molecule has 0 bridgehead atoms. The molecule has 90 valence electrons. The van der Waals surface area contributed by atoms with Crippen LogP contribution in [0, 0.1) is 17.5 Å². The van der Waals surface area contributed by atoms with E-state index in [1.165, 1.54) is 0 Å². The second-order valence-corrected chi connectivity index (χ2v) is 3.14. The lowest BCUT2D eigenvalue weighted by molar-refractivity contribution is -0.132. The number of esters is 2. The van der Waals surface area contributed by atoms with Crippen LogP contribution in [0.4, 0.5) is 13.2 Å². The van der Waals surface area contributed by atoms with Crippen LogP contribution in [-0.2, 0) is 9.53 Å². The number of benzene rings is 1. The van der Waals surface area contributed by atoms with Crippen molar-refractivity contribution in [2.24, 2.45) is 0 Å². The maximum atomic E-state index is 13.3. The molecular formula is C10H4ClF3O3. The SMILES string of the molecule is C=CC(=O)OC(=O)c1cc(F)c(F)c(Cl)c1F. The Morgan fingerprint density at radius 3 is 2.41 bits per heavy atom. The Balaban J connectivity index is 3.19. The molecule has 1 aromatic carbocycles. The van der Waals surface area contributed by atoms with Gasteiger partial charge in [0.2, 0.25) is 0 Å². The largest absolute Gasteiger partial charge is 0.386 e. The molecule has 7 heteroatoms. The summed E-state index contributed by atoms with van der Waals surface area (Å²) >= 11 is 5.10. The molecule has 0 spiro atoms. The van der Waals surface area contributed by atoms with E-state index in [1.54, 1.807) is 0 Å². The monoisotopic (exact) mass is 264 g/mol. The lowest BCUT2D eigenvalue weighted by atomic mass is 10.2. The van der Waals surface area contributed by atoms with Gasteiger partial charge >= 0.3 is 11.9 Å². The molecule has 0 atom stereocenters. The fraction of sp³-hybridized carbons (Fsp3) is 0. The summed E-state index contributed by atoms with van der Waals surface area (Å²) in [5.41, 5.74) is -0.982. The molecule has 0 N–H and O–H groups in total. The molecule has 0 aliphatic heterocycles. The molecule has 0 amide bonds. The normalized spacial score (nSPS) is 9.88. The van der Waals surface area contributed by atoms with Gasteiger partial charge in [0, 0.05) is 6.08 Å². The van der Waals surface area contributed by atoms with Crippen molar-refractivity contribution in [3.05, 3.63) is 46.8 Å². The maximum Gasteiger partial charge on any atom is 0.349 e. The summed E-state index contributed by atoms with van der Waals surface area (Å²) in [6.45, 7) is 3.00. The van der Waals surface area contributed by atoms with Gasteiger partial charge in [-0.1, -0.05) is 18.2 Å². The second kappa shape index (κ2) is 5.01. The van der Waals surface area contributed by atoms with Crippen LogP contribution in [0.5, 0.6) is 0 Å². The Morgan fingerprint density at radius 1 is 1.29 bits per heavy atom. The average molecular weight is 265 g/mol. The number of carbonyl (C=O) groups excluding carboxylic acids is 2. The van der Waals surface area contributed by atoms with Crippen LogP contribution < -0.4 is 0 Å². The number of rotatable bonds is 2. The fourth-order valence-electron chi connectivity index (χ4n) is 0.909. The summed E-state index contributed by atoms with van der Waals surface area (Å²) in [5.74, 6) is -7.32. The Bertz CT molecular complexity index is 514. The van der Waals surface area contributed by atoms with Gasteiger partial charge in [-0.25, -0.2) is 22.8 Å². The number of ether oxygens (including phenoxy) is 1. The first kappa shape index (κ1) is 13.2. The lowest BCUT2D eigenvalue weighted by Gasteiger charge is -2.04. The minimum atomic E-state index is -1.63. The second-order valence-electron chi connectivity index (χ2n) is 2.76. The minimum Gasteiger partial charge on any atom is -0.386 e. The van der Waals surface area contributed by atoms with Gasteiger partial charge in [0.1, 0.15) is 10.6 Å². The number of hydrogen-bond acceptors (Lipinski definition) is 3. The Kier molecular flexibility index (Phi) is 3.90. The summed E-state index contributed by atoms with van der Waals surface area (Å²) in [6, 6.07) is 0.245. The first-order valence-electron chi connectivity index (χ1n) is 4.10. The molecule has 0 aromatic heterocycles. The van der Waals surface area contributed by atoms with Crippen molar-refractivity contribution in [1.82, 2.24) is 0 Å². The van der Waals surface area contributed by atoms with Crippen LogP contribution in [0.15, 0.2) is 18.7 Å².